The number of nitrogens with zero attached hydrogens (tertiary/aromatic N) is 2. The topological polar surface area (TPSA) is 76.2 Å². The van der Waals surface area contributed by atoms with Crippen molar-refractivity contribution in [1.29, 1.82) is 0 Å². The highest BCUT2D eigenvalue weighted by atomic mass is 16.5. The van der Waals surface area contributed by atoms with Crippen molar-refractivity contribution in [3.63, 3.8) is 0 Å². The zero-order chi connectivity index (χ0) is 18.5. The first kappa shape index (κ1) is 18.4. The fourth-order valence-electron chi connectivity index (χ4n) is 3.20. The molecule has 0 bridgehead atoms. The normalized spacial score (nSPS) is 20.8. The third kappa shape index (κ3) is 4.40. The van der Waals surface area contributed by atoms with Crippen molar-refractivity contribution >= 4 is 23.5 Å². The summed E-state index contributed by atoms with van der Waals surface area (Å²) in [7, 11) is 0. The summed E-state index contributed by atoms with van der Waals surface area (Å²) in [5.74, 6) is -0.655. The molecule has 0 aliphatic carbocycles. The predicted molar refractivity (Wildman–Crippen MR) is 94.9 cm³/mol. The van der Waals surface area contributed by atoms with Gasteiger partial charge in [0.25, 0.3) is 5.91 Å². The number of hydrogen-bond acceptors (Lipinski definition) is 5. The summed E-state index contributed by atoms with van der Waals surface area (Å²) < 4.78 is 10.5. The van der Waals surface area contributed by atoms with Crippen LogP contribution in [0.1, 0.15) is 36.5 Å². The summed E-state index contributed by atoms with van der Waals surface area (Å²) in [6, 6.07) is 6.73. The van der Waals surface area contributed by atoms with E-state index in [1.54, 1.807) is 34.1 Å². The van der Waals surface area contributed by atoms with E-state index >= 15 is 0 Å². The number of morpholine rings is 1. The molecule has 140 valence electrons. The molecule has 2 amide bonds. The minimum absolute atomic E-state index is 0.00607. The molecule has 2 saturated heterocycles. The maximum Gasteiger partial charge on any atom is 0.338 e. The first-order valence-corrected chi connectivity index (χ1v) is 9.01. The maximum absolute atomic E-state index is 12.1. The van der Waals surface area contributed by atoms with Gasteiger partial charge in [0, 0.05) is 31.7 Å². The molecule has 0 spiro atoms. The van der Waals surface area contributed by atoms with E-state index in [9.17, 15) is 14.4 Å². The van der Waals surface area contributed by atoms with E-state index in [4.69, 9.17) is 9.47 Å². The Hall–Kier alpha value is -2.41. The van der Waals surface area contributed by atoms with Gasteiger partial charge in [0.1, 0.15) is 0 Å². The van der Waals surface area contributed by atoms with Gasteiger partial charge in [-0.15, -0.1) is 0 Å². The molecule has 3 rings (SSSR count). The molecular formula is C19H24N2O5. The summed E-state index contributed by atoms with van der Waals surface area (Å²) in [6.45, 7) is 3.85. The second-order valence-electron chi connectivity index (χ2n) is 6.65. The lowest BCUT2D eigenvalue weighted by molar-refractivity contribution is -0.141. The van der Waals surface area contributed by atoms with Gasteiger partial charge in [0.2, 0.25) is 5.91 Å². The molecule has 0 aromatic heterocycles. The van der Waals surface area contributed by atoms with Crippen LogP contribution in [-0.4, -0.2) is 61.6 Å². The molecule has 2 fully saturated rings. The van der Waals surface area contributed by atoms with Gasteiger partial charge in [0.05, 0.1) is 18.3 Å². The van der Waals surface area contributed by atoms with Crippen LogP contribution in [0.2, 0.25) is 0 Å². The van der Waals surface area contributed by atoms with Crippen LogP contribution in [0.15, 0.2) is 24.3 Å². The first-order valence-electron chi connectivity index (χ1n) is 9.01. The molecule has 1 aromatic carbocycles. The molecule has 1 atom stereocenters. The van der Waals surface area contributed by atoms with Crippen molar-refractivity contribution in [3.8, 4) is 0 Å². The predicted octanol–water partition coefficient (Wildman–Crippen LogP) is 1.61. The van der Waals surface area contributed by atoms with Crippen LogP contribution in [-0.2, 0) is 19.1 Å². The van der Waals surface area contributed by atoms with Crippen molar-refractivity contribution in [2.75, 3.05) is 37.7 Å². The molecule has 7 heteroatoms. The first-order chi connectivity index (χ1) is 12.5. The zero-order valence-corrected chi connectivity index (χ0v) is 15.0. The van der Waals surface area contributed by atoms with Crippen LogP contribution in [0.5, 0.6) is 0 Å². The van der Waals surface area contributed by atoms with Crippen molar-refractivity contribution in [3.05, 3.63) is 29.8 Å². The average Bonchev–Trinajstić information content (AvgIpc) is 2.66. The number of esters is 1. The summed E-state index contributed by atoms with van der Waals surface area (Å²) in [5.41, 5.74) is 1.14. The van der Waals surface area contributed by atoms with E-state index in [-0.39, 0.29) is 24.5 Å². The van der Waals surface area contributed by atoms with Crippen molar-refractivity contribution in [2.24, 2.45) is 0 Å². The second-order valence-corrected chi connectivity index (χ2v) is 6.65. The Labute approximate surface area is 152 Å². The average molecular weight is 360 g/mol. The van der Waals surface area contributed by atoms with Crippen LogP contribution >= 0.6 is 0 Å². The Morgan fingerprint density at radius 3 is 2.65 bits per heavy atom. The number of hydrogen-bond donors (Lipinski definition) is 0. The minimum Gasteiger partial charge on any atom is -0.452 e. The second kappa shape index (κ2) is 8.31. The monoisotopic (exact) mass is 360 g/mol. The molecule has 7 nitrogen and oxygen atoms in total. The molecule has 0 N–H and O–H groups in total. The highest BCUT2D eigenvalue weighted by Crippen LogP contribution is 2.21. The van der Waals surface area contributed by atoms with E-state index in [1.807, 2.05) is 6.92 Å². The number of piperidine rings is 1. The molecule has 1 unspecified atom stereocenters. The van der Waals surface area contributed by atoms with Gasteiger partial charge >= 0.3 is 5.97 Å². The van der Waals surface area contributed by atoms with Gasteiger partial charge in [-0.05, 0) is 44.0 Å². The molecule has 0 saturated carbocycles. The number of ether oxygens (including phenoxy) is 2. The van der Waals surface area contributed by atoms with Crippen molar-refractivity contribution < 1.29 is 23.9 Å². The standard InChI is InChI=1S/C19H24N2O5/c1-14-12-20(10-11-25-14)18(23)13-26-19(24)15-5-7-16(8-6-15)21-9-3-2-4-17(21)22/h5-8,14H,2-4,9-13H2,1H3. The summed E-state index contributed by atoms with van der Waals surface area (Å²) in [5, 5.41) is 0. The molecule has 2 aliphatic rings. The lowest BCUT2D eigenvalue weighted by atomic mass is 10.1. The van der Waals surface area contributed by atoms with E-state index in [0.29, 0.717) is 38.2 Å². The van der Waals surface area contributed by atoms with Crippen molar-refractivity contribution in [2.45, 2.75) is 32.3 Å². The SMILES string of the molecule is CC1CN(C(=O)COC(=O)c2ccc(N3CCCCC3=O)cc2)CCO1. The van der Waals surface area contributed by atoms with Crippen LogP contribution in [0.25, 0.3) is 0 Å². The number of rotatable bonds is 4. The maximum atomic E-state index is 12.1. The summed E-state index contributed by atoms with van der Waals surface area (Å²) >= 11 is 0. The molecule has 0 radical (unpaired) electrons. The van der Waals surface area contributed by atoms with Gasteiger partial charge in [-0.3, -0.25) is 9.59 Å². The van der Waals surface area contributed by atoms with Gasteiger partial charge in [0.15, 0.2) is 6.61 Å². The van der Waals surface area contributed by atoms with Gasteiger partial charge in [-0.2, -0.15) is 0 Å². The van der Waals surface area contributed by atoms with E-state index in [0.717, 1.165) is 18.5 Å². The highest BCUT2D eigenvalue weighted by Gasteiger charge is 2.23. The number of carbonyl (C=O) groups excluding carboxylic acids is 3. The zero-order valence-electron chi connectivity index (χ0n) is 15.0. The quantitative estimate of drug-likeness (QED) is 0.763. The number of amides is 2. The Morgan fingerprint density at radius 1 is 1.19 bits per heavy atom. The fraction of sp³-hybridized carbons (Fsp3) is 0.526. The molecule has 2 aliphatic heterocycles. The summed E-state index contributed by atoms with van der Waals surface area (Å²) in [6.07, 6.45) is 2.47. The van der Waals surface area contributed by atoms with Gasteiger partial charge < -0.3 is 19.3 Å². The van der Waals surface area contributed by atoms with Crippen LogP contribution < -0.4 is 4.90 Å². The molecule has 1 aromatic rings. The minimum atomic E-state index is -0.545. The number of anilines is 1. The molecule has 26 heavy (non-hydrogen) atoms. The third-order valence-electron chi connectivity index (χ3n) is 4.66. The lowest BCUT2D eigenvalue weighted by Crippen LogP contribution is -2.46. The largest absolute Gasteiger partial charge is 0.452 e. The van der Waals surface area contributed by atoms with E-state index in [1.165, 1.54) is 0 Å². The van der Waals surface area contributed by atoms with Crippen LogP contribution in [0, 0.1) is 0 Å². The smallest absolute Gasteiger partial charge is 0.338 e. The highest BCUT2D eigenvalue weighted by molar-refractivity contribution is 5.95. The van der Waals surface area contributed by atoms with Crippen LogP contribution in [0.3, 0.4) is 0 Å². The third-order valence-corrected chi connectivity index (χ3v) is 4.66. The Kier molecular flexibility index (Phi) is 5.88. The lowest BCUT2D eigenvalue weighted by Gasteiger charge is -2.30. The van der Waals surface area contributed by atoms with E-state index < -0.39 is 5.97 Å². The molecular weight excluding hydrogens is 336 g/mol. The Balaban J connectivity index is 1.53. The van der Waals surface area contributed by atoms with Gasteiger partial charge in [-0.1, -0.05) is 0 Å². The van der Waals surface area contributed by atoms with Crippen LogP contribution in [0.4, 0.5) is 5.69 Å². The summed E-state index contributed by atoms with van der Waals surface area (Å²) in [4.78, 5) is 39.6. The Morgan fingerprint density at radius 2 is 1.96 bits per heavy atom. The molecule has 2 heterocycles. The van der Waals surface area contributed by atoms with Crippen molar-refractivity contribution in [1.82, 2.24) is 4.90 Å². The number of carbonyl (C=O) groups is 3. The Bertz CT molecular complexity index is 673. The fourth-order valence-corrected chi connectivity index (χ4v) is 3.20. The number of benzene rings is 1. The van der Waals surface area contributed by atoms with Gasteiger partial charge in [-0.25, -0.2) is 4.79 Å². The van der Waals surface area contributed by atoms with E-state index in [2.05, 4.69) is 0 Å².